The Morgan fingerprint density at radius 3 is 2.61 bits per heavy atom. The van der Waals surface area contributed by atoms with Crippen molar-refractivity contribution in [1.29, 1.82) is 0 Å². The molecule has 1 aliphatic rings. The first-order valence-corrected chi connectivity index (χ1v) is 8.20. The molecule has 0 spiro atoms. The zero-order valence-corrected chi connectivity index (χ0v) is 14.5. The Labute approximate surface area is 158 Å². The molecule has 10 heteroatoms. The number of amides is 2. The second-order valence-corrected chi connectivity index (χ2v) is 5.72. The van der Waals surface area contributed by atoms with Crippen molar-refractivity contribution in [2.75, 3.05) is 25.1 Å². The number of nitrogens with zero attached hydrogens (tertiary/aromatic N) is 2. The molecule has 144 valence electrons. The highest BCUT2D eigenvalue weighted by Crippen LogP contribution is 2.29. The average molecular weight is 385 g/mol. The number of hydrogen-bond donors (Lipinski definition) is 1. The predicted molar refractivity (Wildman–Crippen MR) is 96.2 cm³/mol. The maximum atomic E-state index is 12.1. The second kappa shape index (κ2) is 8.16. The number of para-hydroxylation sites is 1. The Bertz CT molecular complexity index is 930. The van der Waals surface area contributed by atoms with Crippen LogP contribution in [0.3, 0.4) is 0 Å². The summed E-state index contributed by atoms with van der Waals surface area (Å²) in [6.45, 7) is -0.507. The first-order valence-electron chi connectivity index (χ1n) is 8.20. The molecule has 2 aromatic rings. The van der Waals surface area contributed by atoms with E-state index in [1.165, 1.54) is 12.1 Å². The molecule has 3 rings (SSSR count). The molecule has 0 saturated carbocycles. The minimum atomic E-state index is -0.921. The standard InChI is InChI=1S/C18H15N3O7/c22-16(20-8-9-27-18(20)24)11-28-17(23)12-6-7-14(15(10-12)21(25)26)19-13-4-2-1-3-5-13/h1-7,10,19H,8-9,11H2. The van der Waals surface area contributed by atoms with Crippen molar-refractivity contribution in [3.05, 3.63) is 64.2 Å². The highest BCUT2D eigenvalue weighted by Gasteiger charge is 2.29. The number of imide groups is 1. The summed E-state index contributed by atoms with van der Waals surface area (Å²) >= 11 is 0. The summed E-state index contributed by atoms with van der Waals surface area (Å²) in [6, 6.07) is 12.6. The van der Waals surface area contributed by atoms with Crippen LogP contribution in [0.15, 0.2) is 48.5 Å². The number of carbonyl (C=O) groups excluding carboxylic acids is 3. The number of nitro benzene ring substituents is 1. The molecule has 1 N–H and O–H groups in total. The lowest BCUT2D eigenvalue weighted by Gasteiger charge is -2.11. The van der Waals surface area contributed by atoms with E-state index in [9.17, 15) is 24.5 Å². The van der Waals surface area contributed by atoms with Gasteiger partial charge in [0.2, 0.25) is 0 Å². The van der Waals surface area contributed by atoms with Crippen molar-refractivity contribution < 1.29 is 28.8 Å². The first-order chi connectivity index (χ1) is 13.5. The van der Waals surface area contributed by atoms with E-state index in [2.05, 4.69) is 10.1 Å². The van der Waals surface area contributed by atoms with E-state index < -0.39 is 29.5 Å². The van der Waals surface area contributed by atoms with Gasteiger partial charge in [0.15, 0.2) is 6.61 Å². The number of esters is 1. The summed E-state index contributed by atoms with van der Waals surface area (Å²) in [5.41, 5.74) is 0.419. The van der Waals surface area contributed by atoms with Gasteiger partial charge in [0.05, 0.1) is 17.0 Å². The van der Waals surface area contributed by atoms with Gasteiger partial charge in [-0.2, -0.15) is 0 Å². The molecule has 0 bridgehead atoms. The number of hydrogen-bond acceptors (Lipinski definition) is 8. The third kappa shape index (κ3) is 4.23. The number of ether oxygens (including phenoxy) is 2. The van der Waals surface area contributed by atoms with Crippen molar-refractivity contribution in [2.24, 2.45) is 0 Å². The van der Waals surface area contributed by atoms with E-state index in [0.29, 0.717) is 5.69 Å². The van der Waals surface area contributed by atoms with Crippen molar-refractivity contribution in [1.82, 2.24) is 4.90 Å². The average Bonchev–Trinajstić information content (AvgIpc) is 3.12. The highest BCUT2D eigenvalue weighted by molar-refractivity contribution is 5.96. The van der Waals surface area contributed by atoms with Crippen LogP contribution in [-0.4, -0.2) is 47.6 Å². The lowest BCUT2D eigenvalue weighted by molar-refractivity contribution is -0.383. The summed E-state index contributed by atoms with van der Waals surface area (Å²) in [6.07, 6.45) is -0.798. The minimum Gasteiger partial charge on any atom is -0.452 e. The molecule has 2 amide bonds. The molecule has 1 fully saturated rings. The van der Waals surface area contributed by atoms with Crippen LogP contribution in [0.2, 0.25) is 0 Å². The molecular weight excluding hydrogens is 370 g/mol. The molecular formula is C18H15N3O7. The van der Waals surface area contributed by atoms with Crippen molar-refractivity contribution >= 4 is 35.0 Å². The van der Waals surface area contributed by atoms with E-state index in [-0.39, 0.29) is 30.1 Å². The van der Waals surface area contributed by atoms with E-state index in [0.717, 1.165) is 11.0 Å². The normalized spacial score (nSPS) is 13.0. The SMILES string of the molecule is O=C(OCC(=O)N1CCOC1=O)c1ccc(Nc2ccccc2)c([N+](=O)[O-])c1. The van der Waals surface area contributed by atoms with E-state index >= 15 is 0 Å². The van der Waals surface area contributed by atoms with Crippen LogP contribution >= 0.6 is 0 Å². The zero-order chi connectivity index (χ0) is 20.1. The second-order valence-electron chi connectivity index (χ2n) is 5.72. The van der Waals surface area contributed by atoms with Gasteiger partial charge in [-0.3, -0.25) is 14.9 Å². The maximum absolute atomic E-state index is 12.1. The molecule has 0 atom stereocenters. The van der Waals surface area contributed by atoms with Gasteiger partial charge in [0, 0.05) is 11.8 Å². The largest absolute Gasteiger partial charge is 0.452 e. The Hall–Kier alpha value is -3.95. The monoisotopic (exact) mass is 385 g/mol. The number of cyclic esters (lactones) is 1. The van der Waals surface area contributed by atoms with Gasteiger partial charge in [0.1, 0.15) is 12.3 Å². The molecule has 10 nitrogen and oxygen atoms in total. The molecule has 1 saturated heterocycles. The number of anilines is 2. The molecule has 0 aliphatic carbocycles. The Morgan fingerprint density at radius 2 is 1.96 bits per heavy atom. The lowest BCUT2D eigenvalue weighted by atomic mass is 10.1. The molecule has 0 aromatic heterocycles. The summed E-state index contributed by atoms with van der Waals surface area (Å²) in [5.74, 6) is -1.65. The number of rotatable bonds is 6. The van der Waals surface area contributed by atoms with Gasteiger partial charge in [0.25, 0.3) is 11.6 Å². The summed E-state index contributed by atoms with van der Waals surface area (Å²) in [7, 11) is 0. The molecule has 0 radical (unpaired) electrons. The van der Waals surface area contributed by atoms with Crippen LogP contribution in [-0.2, 0) is 14.3 Å². The van der Waals surface area contributed by atoms with Gasteiger partial charge in [-0.15, -0.1) is 0 Å². The van der Waals surface area contributed by atoms with E-state index in [1.54, 1.807) is 24.3 Å². The number of benzene rings is 2. The van der Waals surface area contributed by atoms with Crippen LogP contribution in [0.25, 0.3) is 0 Å². The number of nitrogens with one attached hydrogen (secondary N) is 1. The molecule has 2 aromatic carbocycles. The summed E-state index contributed by atoms with van der Waals surface area (Å²) in [5, 5.41) is 14.3. The van der Waals surface area contributed by atoms with Gasteiger partial charge < -0.3 is 14.8 Å². The lowest BCUT2D eigenvalue weighted by Crippen LogP contribution is -2.35. The highest BCUT2D eigenvalue weighted by atomic mass is 16.6. The fourth-order valence-corrected chi connectivity index (χ4v) is 2.50. The first kappa shape index (κ1) is 18.8. The Morgan fingerprint density at radius 1 is 1.21 bits per heavy atom. The van der Waals surface area contributed by atoms with Crippen molar-refractivity contribution in [3.8, 4) is 0 Å². The van der Waals surface area contributed by atoms with Gasteiger partial charge >= 0.3 is 12.1 Å². The smallest absolute Gasteiger partial charge is 0.416 e. The Kier molecular flexibility index (Phi) is 5.49. The van der Waals surface area contributed by atoms with Crippen molar-refractivity contribution in [3.63, 3.8) is 0 Å². The molecule has 1 heterocycles. The quantitative estimate of drug-likeness (QED) is 0.456. The minimum absolute atomic E-state index is 0.0839. The van der Waals surface area contributed by atoms with Gasteiger partial charge in [-0.05, 0) is 24.3 Å². The Balaban J connectivity index is 1.70. The summed E-state index contributed by atoms with van der Waals surface area (Å²) < 4.78 is 9.49. The summed E-state index contributed by atoms with van der Waals surface area (Å²) in [4.78, 5) is 46.8. The van der Waals surface area contributed by atoms with Crippen LogP contribution in [0.1, 0.15) is 10.4 Å². The predicted octanol–water partition coefficient (Wildman–Crippen LogP) is 2.47. The van der Waals surface area contributed by atoms with Gasteiger partial charge in [-0.25, -0.2) is 14.5 Å². The molecule has 28 heavy (non-hydrogen) atoms. The molecule has 0 unspecified atom stereocenters. The molecule has 1 aliphatic heterocycles. The third-order valence-electron chi connectivity index (χ3n) is 3.87. The third-order valence-corrected chi connectivity index (χ3v) is 3.87. The fraction of sp³-hybridized carbons (Fsp3) is 0.167. The zero-order valence-electron chi connectivity index (χ0n) is 14.5. The van der Waals surface area contributed by atoms with Crippen molar-refractivity contribution in [2.45, 2.75) is 0 Å². The topological polar surface area (TPSA) is 128 Å². The number of nitro groups is 1. The van der Waals surface area contributed by atoms with E-state index in [4.69, 9.17) is 4.74 Å². The number of carbonyl (C=O) groups is 3. The van der Waals surface area contributed by atoms with E-state index in [1.807, 2.05) is 6.07 Å². The maximum Gasteiger partial charge on any atom is 0.416 e. The fourth-order valence-electron chi connectivity index (χ4n) is 2.50. The van der Waals surface area contributed by atoms with Crippen LogP contribution in [0.5, 0.6) is 0 Å². The van der Waals surface area contributed by atoms with Crippen LogP contribution in [0.4, 0.5) is 21.9 Å². The van der Waals surface area contributed by atoms with Crippen LogP contribution < -0.4 is 5.32 Å². The van der Waals surface area contributed by atoms with Gasteiger partial charge in [-0.1, -0.05) is 18.2 Å². The van der Waals surface area contributed by atoms with Crippen LogP contribution in [0, 0.1) is 10.1 Å².